The van der Waals surface area contributed by atoms with Gasteiger partial charge >= 0.3 is 6.36 Å². The van der Waals surface area contributed by atoms with Gasteiger partial charge in [-0.25, -0.2) is 4.98 Å². The molecule has 1 N–H and O–H groups in total. The number of H-pyrrole nitrogens is 1. The number of ether oxygens (including phenoxy) is 1. The lowest BCUT2D eigenvalue weighted by molar-refractivity contribution is -0.274. The lowest BCUT2D eigenvalue weighted by Gasteiger charge is -2.27. The number of hydrogen-bond acceptors (Lipinski definition) is 6. The molecule has 2 aromatic heterocycles. The van der Waals surface area contributed by atoms with E-state index in [4.69, 9.17) is 4.98 Å². The monoisotopic (exact) mass is 483 g/mol. The van der Waals surface area contributed by atoms with E-state index < -0.39 is 6.36 Å². The number of alkyl halides is 3. The van der Waals surface area contributed by atoms with Crippen LogP contribution in [0, 0.1) is 0 Å². The highest BCUT2D eigenvalue weighted by Gasteiger charge is 2.31. The van der Waals surface area contributed by atoms with Crippen molar-refractivity contribution in [3.63, 3.8) is 0 Å². The Balaban J connectivity index is 1.26. The Morgan fingerprint density at radius 1 is 1.11 bits per heavy atom. The number of fused-ring (bicyclic) bond motifs is 1. The molecule has 0 spiro atoms. The van der Waals surface area contributed by atoms with Crippen LogP contribution in [0.5, 0.6) is 5.75 Å². The molecule has 5 rings (SSSR count). The molecule has 0 saturated heterocycles. The lowest BCUT2D eigenvalue weighted by Crippen LogP contribution is -2.36. The van der Waals surface area contributed by atoms with E-state index in [1.807, 2.05) is 6.07 Å². The van der Waals surface area contributed by atoms with Crippen molar-refractivity contribution in [1.29, 1.82) is 0 Å². The summed E-state index contributed by atoms with van der Waals surface area (Å²) >= 11 is 0. The third-order valence-corrected chi connectivity index (χ3v) is 6.14. The molecule has 0 unspecified atom stereocenters. The molecule has 0 aliphatic carbocycles. The molecule has 0 fully saturated rings. The number of rotatable bonds is 5. The topological polar surface area (TPSA) is 83.5 Å². The first kappa shape index (κ1) is 23.2. The molecular weight excluding hydrogens is 459 g/mol. The van der Waals surface area contributed by atoms with Crippen molar-refractivity contribution < 1.29 is 17.9 Å². The van der Waals surface area contributed by atoms with Crippen LogP contribution in [0.4, 0.5) is 13.2 Å². The fourth-order valence-electron chi connectivity index (χ4n) is 4.44. The first-order valence-electron chi connectivity index (χ1n) is 11.5. The molecule has 0 amide bonds. The predicted molar refractivity (Wildman–Crippen MR) is 124 cm³/mol. The quantitative estimate of drug-likeness (QED) is 0.586. The van der Waals surface area contributed by atoms with Crippen LogP contribution in [0.15, 0.2) is 52.4 Å². The smallest absolute Gasteiger partial charge is 0.406 e. The number of aromatic amines is 1. The van der Waals surface area contributed by atoms with Gasteiger partial charge in [0, 0.05) is 44.4 Å². The van der Waals surface area contributed by atoms with Gasteiger partial charge in [0.15, 0.2) is 5.82 Å². The Bertz CT molecular complexity index is 1300. The molecule has 10 heteroatoms. The number of aromatic nitrogens is 3. The van der Waals surface area contributed by atoms with Gasteiger partial charge in [0.25, 0.3) is 5.56 Å². The molecular formula is C25H24F3N5O2. The molecule has 182 valence electrons. The molecule has 2 aliphatic rings. The molecule has 0 radical (unpaired) electrons. The van der Waals surface area contributed by atoms with Crippen LogP contribution in [0.2, 0.25) is 0 Å². The van der Waals surface area contributed by atoms with E-state index >= 15 is 0 Å². The zero-order chi connectivity index (χ0) is 24.4. The van der Waals surface area contributed by atoms with E-state index in [0.29, 0.717) is 42.2 Å². The van der Waals surface area contributed by atoms with E-state index in [9.17, 15) is 18.0 Å². The molecule has 0 atom stereocenters. The number of halogens is 3. The van der Waals surface area contributed by atoms with Gasteiger partial charge in [-0.1, -0.05) is 18.2 Å². The van der Waals surface area contributed by atoms with Gasteiger partial charge in [-0.2, -0.15) is 0 Å². The molecule has 2 aliphatic heterocycles. The average molecular weight is 483 g/mol. The van der Waals surface area contributed by atoms with Gasteiger partial charge < -0.3 is 9.72 Å². The van der Waals surface area contributed by atoms with E-state index in [1.165, 1.54) is 18.2 Å². The van der Waals surface area contributed by atoms with Gasteiger partial charge in [0.05, 0.1) is 22.7 Å². The van der Waals surface area contributed by atoms with E-state index in [2.05, 4.69) is 24.6 Å². The standard InChI is InChI=1S/C25H24F3N5O2/c26-25(27,28)35-18-5-3-4-17(12-18)20-8-7-16(13-30-20)14-33-11-9-21-19(15-33)24(34)32-23(31-21)22-6-1-2-10-29-22/h3-5,7-8,12-13H,1-2,6,9-11,14-15H2,(H,31,32,34). The molecule has 0 saturated carbocycles. The maximum atomic E-state index is 12.8. The normalized spacial score (nSPS) is 16.5. The maximum absolute atomic E-state index is 12.8. The molecule has 7 nitrogen and oxygen atoms in total. The molecule has 0 bridgehead atoms. The van der Waals surface area contributed by atoms with Crippen LogP contribution in [0.1, 0.15) is 41.9 Å². The van der Waals surface area contributed by atoms with Crippen LogP contribution < -0.4 is 10.3 Å². The first-order chi connectivity index (χ1) is 16.8. The lowest BCUT2D eigenvalue weighted by atomic mass is 10.0. The molecule has 3 aromatic rings. The first-order valence-corrected chi connectivity index (χ1v) is 11.5. The van der Waals surface area contributed by atoms with Crippen molar-refractivity contribution in [1.82, 2.24) is 19.9 Å². The van der Waals surface area contributed by atoms with Crippen LogP contribution in [0.25, 0.3) is 11.3 Å². The Kier molecular flexibility index (Phi) is 6.38. The van der Waals surface area contributed by atoms with Crippen molar-refractivity contribution in [3.8, 4) is 17.0 Å². The summed E-state index contributed by atoms with van der Waals surface area (Å²) in [6, 6.07) is 9.40. The second kappa shape index (κ2) is 9.61. The van der Waals surface area contributed by atoms with E-state index in [-0.39, 0.29) is 11.3 Å². The molecule has 35 heavy (non-hydrogen) atoms. The van der Waals surface area contributed by atoms with Crippen molar-refractivity contribution in [2.45, 2.75) is 45.1 Å². The fourth-order valence-corrected chi connectivity index (χ4v) is 4.44. The third-order valence-electron chi connectivity index (χ3n) is 6.14. The van der Waals surface area contributed by atoms with Gasteiger partial charge in [0.2, 0.25) is 0 Å². The van der Waals surface area contributed by atoms with E-state index in [1.54, 1.807) is 18.3 Å². The summed E-state index contributed by atoms with van der Waals surface area (Å²) in [5.74, 6) is 0.316. The SMILES string of the molecule is O=c1[nH]c(C2=NCCCC2)nc2c1CN(Cc1ccc(-c3cccc(OC(F)(F)F)c3)nc1)CC2. The largest absolute Gasteiger partial charge is 0.573 e. The van der Waals surface area contributed by atoms with Crippen LogP contribution >= 0.6 is 0 Å². The Hall–Kier alpha value is -3.53. The van der Waals surface area contributed by atoms with Crippen molar-refractivity contribution in [3.05, 3.63) is 75.6 Å². The summed E-state index contributed by atoms with van der Waals surface area (Å²) < 4.78 is 41.5. The Labute approximate surface area is 199 Å². The molecule has 4 heterocycles. The minimum absolute atomic E-state index is 0.114. The number of hydrogen-bond donors (Lipinski definition) is 1. The number of benzene rings is 1. The van der Waals surface area contributed by atoms with Crippen LogP contribution in [-0.4, -0.2) is 45.0 Å². The summed E-state index contributed by atoms with van der Waals surface area (Å²) in [7, 11) is 0. The predicted octanol–water partition coefficient (Wildman–Crippen LogP) is 4.26. The fraction of sp³-hybridized carbons (Fsp3) is 0.360. The van der Waals surface area contributed by atoms with Crippen molar-refractivity contribution >= 4 is 5.71 Å². The summed E-state index contributed by atoms with van der Waals surface area (Å²) in [5.41, 5.74) is 4.31. The van der Waals surface area contributed by atoms with E-state index in [0.717, 1.165) is 49.3 Å². The van der Waals surface area contributed by atoms with Gasteiger partial charge in [-0.15, -0.1) is 13.2 Å². The van der Waals surface area contributed by atoms with Crippen LogP contribution in [0.3, 0.4) is 0 Å². The Morgan fingerprint density at radius 3 is 2.74 bits per heavy atom. The summed E-state index contributed by atoms with van der Waals surface area (Å²) in [6.45, 7) is 2.62. The third kappa shape index (κ3) is 5.59. The summed E-state index contributed by atoms with van der Waals surface area (Å²) in [4.78, 5) is 31.5. The minimum atomic E-state index is -4.74. The highest BCUT2D eigenvalue weighted by molar-refractivity contribution is 5.97. The van der Waals surface area contributed by atoms with Crippen LogP contribution in [-0.2, 0) is 19.5 Å². The van der Waals surface area contributed by atoms with Gasteiger partial charge in [0.1, 0.15) is 5.75 Å². The average Bonchev–Trinajstić information content (AvgIpc) is 2.84. The highest BCUT2D eigenvalue weighted by Crippen LogP contribution is 2.27. The Morgan fingerprint density at radius 2 is 2.00 bits per heavy atom. The number of pyridine rings is 1. The molecule has 1 aromatic carbocycles. The highest BCUT2D eigenvalue weighted by atomic mass is 19.4. The second-order valence-electron chi connectivity index (χ2n) is 8.71. The van der Waals surface area contributed by atoms with Gasteiger partial charge in [-0.3, -0.25) is 19.7 Å². The maximum Gasteiger partial charge on any atom is 0.573 e. The number of aliphatic imine (C=N–C) groups is 1. The number of nitrogens with one attached hydrogen (secondary N) is 1. The van der Waals surface area contributed by atoms with Crippen molar-refractivity contribution in [2.24, 2.45) is 4.99 Å². The minimum Gasteiger partial charge on any atom is -0.406 e. The van der Waals surface area contributed by atoms with Gasteiger partial charge in [-0.05, 0) is 43.0 Å². The summed E-state index contributed by atoms with van der Waals surface area (Å²) in [5, 5.41) is 0. The zero-order valence-corrected chi connectivity index (χ0v) is 18.9. The van der Waals surface area contributed by atoms with Crippen molar-refractivity contribution in [2.75, 3.05) is 13.1 Å². The second-order valence-corrected chi connectivity index (χ2v) is 8.71. The summed E-state index contributed by atoms with van der Waals surface area (Å²) in [6.07, 6.45) is 0.615. The number of nitrogens with zero attached hydrogens (tertiary/aromatic N) is 4. The zero-order valence-electron chi connectivity index (χ0n) is 18.9.